The standard InChI is InChI=1S/C20H24N2O3S/c1-15-8-9-19(16(2)10-15)26(24,25)21-12-18-11-20(23)22(14-18)13-17-6-4-3-5-7-17/h3-10,18,21H,11-14H2,1-2H3. The van der Waals surface area contributed by atoms with Crippen LogP contribution in [0.4, 0.5) is 0 Å². The van der Waals surface area contributed by atoms with Crippen molar-refractivity contribution < 1.29 is 13.2 Å². The number of hydrogen-bond acceptors (Lipinski definition) is 3. The van der Waals surface area contributed by atoms with Gasteiger partial charge in [0.2, 0.25) is 15.9 Å². The second-order valence-electron chi connectivity index (χ2n) is 6.95. The van der Waals surface area contributed by atoms with Gasteiger partial charge in [-0.2, -0.15) is 0 Å². The molecule has 1 atom stereocenters. The van der Waals surface area contributed by atoms with Crippen molar-refractivity contribution >= 4 is 15.9 Å². The van der Waals surface area contributed by atoms with Gasteiger partial charge in [-0.15, -0.1) is 0 Å². The van der Waals surface area contributed by atoms with Gasteiger partial charge in [-0.05, 0) is 37.0 Å². The van der Waals surface area contributed by atoms with Crippen LogP contribution in [0.15, 0.2) is 53.4 Å². The molecule has 1 N–H and O–H groups in total. The molecule has 0 aliphatic carbocycles. The highest BCUT2D eigenvalue weighted by Gasteiger charge is 2.30. The van der Waals surface area contributed by atoms with Crippen molar-refractivity contribution in [2.45, 2.75) is 31.7 Å². The Morgan fingerprint density at radius 1 is 1.12 bits per heavy atom. The molecule has 0 radical (unpaired) electrons. The lowest BCUT2D eigenvalue weighted by molar-refractivity contribution is -0.128. The molecule has 5 nitrogen and oxygen atoms in total. The zero-order chi connectivity index (χ0) is 18.7. The van der Waals surface area contributed by atoms with Gasteiger partial charge in [-0.3, -0.25) is 4.79 Å². The predicted molar refractivity (Wildman–Crippen MR) is 101 cm³/mol. The minimum Gasteiger partial charge on any atom is -0.338 e. The molecule has 0 bridgehead atoms. The second kappa shape index (κ2) is 7.60. The molecule has 0 saturated carbocycles. The number of amides is 1. The van der Waals surface area contributed by atoms with Crippen molar-refractivity contribution in [2.24, 2.45) is 5.92 Å². The Labute approximate surface area is 155 Å². The topological polar surface area (TPSA) is 66.5 Å². The number of benzene rings is 2. The molecule has 0 aromatic heterocycles. The second-order valence-corrected chi connectivity index (χ2v) is 8.69. The van der Waals surface area contributed by atoms with E-state index in [9.17, 15) is 13.2 Å². The number of nitrogens with one attached hydrogen (secondary N) is 1. The van der Waals surface area contributed by atoms with Crippen molar-refractivity contribution in [3.05, 3.63) is 65.2 Å². The Kier molecular flexibility index (Phi) is 5.44. The van der Waals surface area contributed by atoms with Gasteiger partial charge in [0.05, 0.1) is 4.90 Å². The Bertz CT molecular complexity index is 895. The summed E-state index contributed by atoms with van der Waals surface area (Å²) in [7, 11) is -3.57. The molecule has 138 valence electrons. The summed E-state index contributed by atoms with van der Waals surface area (Å²) in [5.74, 6) is 0.0660. The quantitative estimate of drug-likeness (QED) is 0.848. The molecule has 1 unspecified atom stereocenters. The van der Waals surface area contributed by atoms with Crippen LogP contribution in [-0.2, 0) is 21.4 Å². The van der Waals surface area contributed by atoms with Gasteiger partial charge in [0.1, 0.15) is 0 Å². The van der Waals surface area contributed by atoms with E-state index < -0.39 is 10.0 Å². The fourth-order valence-electron chi connectivity index (χ4n) is 3.35. The van der Waals surface area contributed by atoms with E-state index in [2.05, 4.69) is 4.72 Å². The number of sulfonamides is 1. The highest BCUT2D eigenvalue weighted by Crippen LogP contribution is 2.21. The number of likely N-dealkylation sites (tertiary alicyclic amines) is 1. The van der Waals surface area contributed by atoms with Gasteiger partial charge >= 0.3 is 0 Å². The van der Waals surface area contributed by atoms with E-state index in [4.69, 9.17) is 0 Å². The van der Waals surface area contributed by atoms with E-state index in [1.54, 1.807) is 24.0 Å². The summed E-state index contributed by atoms with van der Waals surface area (Å²) in [6.45, 7) is 5.14. The van der Waals surface area contributed by atoms with Crippen LogP contribution in [-0.4, -0.2) is 32.3 Å². The summed E-state index contributed by atoms with van der Waals surface area (Å²) in [6, 6.07) is 15.1. The van der Waals surface area contributed by atoms with Crippen LogP contribution in [0, 0.1) is 19.8 Å². The van der Waals surface area contributed by atoms with Gasteiger partial charge in [-0.25, -0.2) is 13.1 Å². The van der Waals surface area contributed by atoms with Gasteiger partial charge in [-0.1, -0.05) is 48.0 Å². The van der Waals surface area contributed by atoms with Crippen LogP contribution in [0.5, 0.6) is 0 Å². The van der Waals surface area contributed by atoms with E-state index in [0.29, 0.717) is 24.4 Å². The van der Waals surface area contributed by atoms with Gasteiger partial charge in [0.25, 0.3) is 0 Å². The molecule has 0 spiro atoms. The van der Waals surface area contributed by atoms with Crippen LogP contribution in [0.1, 0.15) is 23.1 Å². The van der Waals surface area contributed by atoms with Gasteiger partial charge in [0, 0.05) is 26.1 Å². The normalized spacial score (nSPS) is 17.7. The summed E-state index contributed by atoms with van der Waals surface area (Å²) >= 11 is 0. The largest absolute Gasteiger partial charge is 0.338 e. The first kappa shape index (κ1) is 18.6. The highest BCUT2D eigenvalue weighted by molar-refractivity contribution is 7.89. The fourth-order valence-corrected chi connectivity index (χ4v) is 4.69. The van der Waals surface area contributed by atoms with Crippen molar-refractivity contribution in [3.63, 3.8) is 0 Å². The first-order valence-corrected chi connectivity index (χ1v) is 10.2. The lowest BCUT2D eigenvalue weighted by atomic mass is 10.1. The first-order chi connectivity index (χ1) is 12.3. The van der Waals surface area contributed by atoms with Crippen molar-refractivity contribution in [3.8, 4) is 0 Å². The molecular formula is C20H24N2O3S. The van der Waals surface area contributed by atoms with Crippen LogP contribution in [0.2, 0.25) is 0 Å². The summed E-state index contributed by atoms with van der Waals surface area (Å²) in [4.78, 5) is 14.3. The fraction of sp³-hybridized carbons (Fsp3) is 0.350. The Hall–Kier alpha value is -2.18. The molecule has 1 amide bonds. The van der Waals surface area contributed by atoms with E-state index >= 15 is 0 Å². The molecule has 1 heterocycles. The maximum absolute atomic E-state index is 12.6. The van der Waals surface area contributed by atoms with E-state index in [0.717, 1.165) is 16.7 Å². The summed E-state index contributed by atoms with van der Waals surface area (Å²) in [6.07, 6.45) is 0.377. The number of rotatable bonds is 6. The minimum absolute atomic E-state index is 0.00765. The third-order valence-electron chi connectivity index (χ3n) is 4.69. The summed E-state index contributed by atoms with van der Waals surface area (Å²) < 4.78 is 27.8. The van der Waals surface area contributed by atoms with Crippen LogP contribution < -0.4 is 4.72 Å². The molecule has 2 aromatic rings. The lowest BCUT2D eigenvalue weighted by Crippen LogP contribution is -2.31. The lowest BCUT2D eigenvalue weighted by Gasteiger charge is -2.17. The molecular weight excluding hydrogens is 348 g/mol. The maximum atomic E-state index is 12.6. The molecule has 1 saturated heterocycles. The monoisotopic (exact) mass is 372 g/mol. The molecule has 1 fully saturated rings. The van der Waals surface area contributed by atoms with Crippen molar-refractivity contribution in [1.82, 2.24) is 9.62 Å². The van der Waals surface area contributed by atoms with Crippen LogP contribution >= 0.6 is 0 Å². The maximum Gasteiger partial charge on any atom is 0.240 e. The minimum atomic E-state index is -3.57. The summed E-state index contributed by atoms with van der Waals surface area (Å²) in [5, 5.41) is 0. The highest BCUT2D eigenvalue weighted by atomic mass is 32.2. The third-order valence-corrected chi connectivity index (χ3v) is 6.28. The molecule has 2 aromatic carbocycles. The zero-order valence-corrected chi connectivity index (χ0v) is 15.9. The van der Waals surface area contributed by atoms with E-state index in [-0.39, 0.29) is 18.4 Å². The Morgan fingerprint density at radius 2 is 1.85 bits per heavy atom. The Balaban J connectivity index is 1.60. The molecule has 1 aliphatic heterocycles. The van der Waals surface area contributed by atoms with Crippen LogP contribution in [0.3, 0.4) is 0 Å². The number of nitrogens with zero attached hydrogens (tertiary/aromatic N) is 1. The van der Waals surface area contributed by atoms with Crippen molar-refractivity contribution in [2.75, 3.05) is 13.1 Å². The van der Waals surface area contributed by atoms with Crippen molar-refractivity contribution in [1.29, 1.82) is 0 Å². The van der Waals surface area contributed by atoms with E-state index in [1.807, 2.05) is 43.3 Å². The average molecular weight is 372 g/mol. The SMILES string of the molecule is Cc1ccc(S(=O)(=O)NCC2CC(=O)N(Cc3ccccc3)C2)c(C)c1. The number of carbonyl (C=O) groups is 1. The zero-order valence-electron chi connectivity index (χ0n) is 15.1. The number of aryl methyl sites for hydroxylation is 2. The molecule has 6 heteroatoms. The summed E-state index contributed by atoms with van der Waals surface area (Å²) in [5.41, 5.74) is 2.84. The number of hydrogen-bond donors (Lipinski definition) is 1. The third kappa shape index (κ3) is 4.31. The molecule has 3 rings (SSSR count). The first-order valence-electron chi connectivity index (χ1n) is 8.74. The predicted octanol–water partition coefficient (Wildman–Crippen LogP) is 2.63. The van der Waals surface area contributed by atoms with Gasteiger partial charge in [0.15, 0.2) is 0 Å². The molecule has 26 heavy (non-hydrogen) atoms. The van der Waals surface area contributed by atoms with E-state index in [1.165, 1.54) is 0 Å². The van der Waals surface area contributed by atoms with Gasteiger partial charge < -0.3 is 4.90 Å². The van der Waals surface area contributed by atoms with Crippen LogP contribution in [0.25, 0.3) is 0 Å². The average Bonchev–Trinajstić information content (AvgIpc) is 2.93. The molecule has 1 aliphatic rings. The number of carbonyl (C=O) groups excluding carboxylic acids is 1. The smallest absolute Gasteiger partial charge is 0.240 e. The Morgan fingerprint density at radius 3 is 2.54 bits per heavy atom.